The average molecular weight is 243 g/mol. The lowest BCUT2D eigenvalue weighted by Crippen LogP contribution is -2.22. The van der Waals surface area contributed by atoms with Crippen LogP contribution in [-0.4, -0.2) is 29.9 Å². The van der Waals surface area contributed by atoms with E-state index in [9.17, 15) is 4.79 Å². The standard InChI is InChI=1S/C9H13N3O3S/c1-5(2)15-8(13)7(12-14-3)6-4-16-9(10)11-6/h4-5H,1-3H3,(H2,10,11)/b12-7-. The van der Waals surface area contributed by atoms with Gasteiger partial charge in [0.05, 0.1) is 6.10 Å². The summed E-state index contributed by atoms with van der Waals surface area (Å²) in [4.78, 5) is 20.2. The van der Waals surface area contributed by atoms with Crippen molar-refractivity contribution >= 4 is 28.1 Å². The molecule has 0 aliphatic heterocycles. The summed E-state index contributed by atoms with van der Waals surface area (Å²) >= 11 is 1.22. The van der Waals surface area contributed by atoms with Crippen molar-refractivity contribution in [2.45, 2.75) is 20.0 Å². The van der Waals surface area contributed by atoms with E-state index < -0.39 is 5.97 Å². The molecule has 1 aromatic rings. The molecule has 0 aliphatic carbocycles. The number of aromatic nitrogens is 1. The van der Waals surface area contributed by atoms with Crippen LogP contribution in [0, 0.1) is 0 Å². The summed E-state index contributed by atoms with van der Waals surface area (Å²) in [5.74, 6) is -0.581. The Morgan fingerprint density at radius 1 is 1.62 bits per heavy atom. The molecule has 0 atom stereocenters. The summed E-state index contributed by atoms with van der Waals surface area (Å²) in [6, 6.07) is 0. The number of ether oxygens (including phenoxy) is 1. The molecular weight excluding hydrogens is 230 g/mol. The lowest BCUT2D eigenvalue weighted by Gasteiger charge is -2.07. The Bertz CT molecular complexity index is 400. The molecule has 88 valence electrons. The minimum Gasteiger partial charge on any atom is -0.458 e. The molecule has 16 heavy (non-hydrogen) atoms. The molecule has 7 heteroatoms. The number of hydrogen-bond acceptors (Lipinski definition) is 7. The molecule has 0 unspecified atom stereocenters. The smallest absolute Gasteiger partial charge is 0.362 e. The summed E-state index contributed by atoms with van der Waals surface area (Å²) in [6.07, 6.45) is -0.231. The number of esters is 1. The van der Waals surface area contributed by atoms with Gasteiger partial charge >= 0.3 is 5.97 Å². The first-order valence-electron chi connectivity index (χ1n) is 4.58. The Hall–Kier alpha value is -1.63. The van der Waals surface area contributed by atoms with Crippen molar-refractivity contribution < 1.29 is 14.4 Å². The minimum atomic E-state index is -0.581. The van der Waals surface area contributed by atoms with Gasteiger partial charge in [-0.05, 0) is 13.8 Å². The fourth-order valence-electron chi connectivity index (χ4n) is 0.946. The number of carbonyl (C=O) groups is 1. The van der Waals surface area contributed by atoms with Crippen molar-refractivity contribution in [3.8, 4) is 0 Å². The molecule has 0 aromatic carbocycles. The molecule has 0 saturated carbocycles. The highest BCUT2D eigenvalue weighted by molar-refractivity contribution is 7.13. The van der Waals surface area contributed by atoms with Crippen LogP contribution in [0.5, 0.6) is 0 Å². The SMILES string of the molecule is CO/N=C(\C(=O)OC(C)C)c1csc(N)n1. The molecular formula is C9H13N3O3S. The van der Waals surface area contributed by atoms with Crippen LogP contribution in [0.1, 0.15) is 19.5 Å². The fraction of sp³-hybridized carbons (Fsp3) is 0.444. The lowest BCUT2D eigenvalue weighted by molar-refractivity contribution is -0.139. The van der Waals surface area contributed by atoms with Crippen molar-refractivity contribution in [3.63, 3.8) is 0 Å². The van der Waals surface area contributed by atoms with E-state index in [0.29, 0.717) is 10.8 Å². The van der Waals surface area contributed by atoms with E-state index in [4.69, 9.17) is 10.5 Å². The molecule has 1 aromatic heterocycles. The predicted octanol–water partition coefficient (Wildman–Crippen LogP) is 1.03. The first kappa shape index (κ1) is 12.4. The maximum atomic E-state index is 11.6. The van der Waals surface area contributed by atoms with E-state index in [-0.39, 0.29) is 11.8 Å². The van der Waals surface area contributed by atoms with Gasteiger partial charge in [-0.1, -0.05) is 5.16 Å². The first-order valence-corrected chi connectivity index (χ1v) is 5.46. The zero-order valence-corrected chi connectivity index (χ0v) is 10.1. The maximum absolute atomic E-state index is 11.6. The van der Waals surface area contributed by atoms with Crippen LogP contribution in [0.15, 0.2) is 10.5 Å². The molecule has 0 radical (unpaired) electrons. The van der Waals surface area contributed by atoms with Gasteiger partial charge in [0, 0.05) is 5.38 Å². The second-order valence-electron chi connectivity index (χ2n) is 3.15. The monoisotopic (exact) mass is 243 g/mol. The van der Waals surface area contributed by atoms with Crippen LogP contribution < -0.4 is 5.73 Å². The van der Waals surface area contributed by atoms with Gasteiger partial charge < -0.3 is 15.3 Å². The van der Waals surface area contributed by atoms with Gasteiger partial charge in [0.2, 0.25) is 5.71 Å². The van der Waals surface area contributed by atoms with E-state index in [1.165, 1.54) is 18.4 Å². The van der Waals surface area contributed by atoms with E-state index in [2.05, 4.69) is 15.0 Å². The Morgan fingerprint density at radius 2 is 2.31 bits per heavy atom. The number of anilines is 1. The Labute approximate surface area is 97.1 Å². The van der Waals surface area contributed by atoms with Crippen LogP contribution in [0.4, 0.5) is 5.13 Å². The lowest BCUT2D eigenvalue weighted by atomic mass is 10.3. The Morgan fingerprint density at radius 3 is 2.75 bits per heavy atom. The number of nitrogens with two attached hydrogens (primary N) is 1. The topological polar surface area (TPSA) is 86.8 Å². The second kappa shape index (κ2) is 5.45. The molecule has 1 rings (SSSR count). The van der Waals surface area contributed by atoms with Gasteiger partial charge in [0.25, 0.3) is 0 Å². The summed E-state index contributed by atoms with van der Waals surface area (Å²) in [7, 11) is 1.35. The molecule has 0 saturated heterocycles. The number of hydrogen-bond donors (Lipinski definition) is 1. The molecule has 2 N–H and O–H groups in total. The van der Waals surface area contributed by atoms with Crippen LogP contribution in [0.2, 0.25) is 0 Å². The number of oxime groups is 1. The van der Waals surface area contributed by atoms with Crippen molar-refractivity contribution in [3.05, 3.63) is 11.1 Å². The molecule has 0 spiro atoms. The molecule has 0 fully saturated rings. The quantitative estimate of drug-likeness (QED) is 0.485. The molecule has 1 heterocycles. The molecule has 6 nitrogen and oxygen atoms in total. The van der Waals surface area contributed by atoms with E-state index in [1.807, 2.05) is 0 Å². The maximum Gasteiger partial charge on any atom is 0.362 e. The van der Waals surface area contributed by atoms with Gasteiger partial charge in [-0.25, -0.2) is 9.78 Å². The van der Waals surface area contributed by atoms with Crippen molar-refractivity contribution in [1.82, 2.24) is 4.98 Å². The number of rotatable bonds is 4. The van der Waals surface area contributed by atoms with Gasteiger partial charge in [-0.15, -0.1) is 11.3 Å². The summed E-state index contributed by atoms with van der Waals surface area (Å²) in [5, 5.41) is 5.57. The van der Waals surface area contributed by atoms with Crippen LogP contribution in [0.25, 0.3) is 0 Å². The zero-order valence-electron chi connectivity index (χ0n) is 9.26. The Kier molecular flexibility index (Phi) is 4.24. The van der Waals surface area contributed by atoms with Gasteiger partial charge in [0.1, 0.15) is 12.8 Å². The third-order valence-corrected chi connectivity index (χ3v) is 2.16. The third kappa shape index (κ3) is 3.20. The third-order valence-electron chi connectivity index (χ3n) is 1.48. The minimum absolute atomic E-state index is 0.0177. The molecule has 0 bridgehead atoms. The van der Waals surface area contributed by atoms with Gasteiger partial charge in [0.15, 0.2) is 5.13 Å². The highest BCUT2D eigenvalue weighted by atomic mass is 32.1. The summed E-state index contributed by atoms with van der Waals surface area (Å²) in [6.45, 7) is 3.50. The fourth-order valence-corrected chi connectivity index (χ4v) is 1.49. The Balaban J connectivity index is 2.92. The second-order valence-corrected chi connectivity index (χ2v) is 4.04. The highest BCUT2D eigenvalue weighted by Crippen LogP contribution is 2.13. The van der Waals surface area contributed by atoms with Crippen LogP contribution in [0.3, 0.4) is 0 Å². The average Bonchev–Trinajstić information content (AvgIpc) is 2.59. The number of nitrogens with zero attached hydrogens (tertiary/aromatic N) is 2. The highest BCUT2D eigenvalue weighted by Gasteiger charge is 2.20. The number of carbonyl (C=O) groups excluding carboxylic acids is 1. The van der Waals surface area contributed by atoms with Crippen LogP contribution >= 0.6 is 11.3 Å². The number of thiazole rings is 1. The predicted molar refractivity (Wildman–Crippen MR) is 61.3 cm³/mol. The van der Waals surface area contributed by atoms with Crippen molar-refractivity contribution in [2.75, 3.05) is 12.8 Å². The van der Waals surface area contributed by atoms with E-state index in [0.717, 1.165) is 0 Å². The van der Waals surface area contributed by atoms with Crippen molar-refractivity contribution in [1.29, 1.82) is 0 Å². The van der Waals surface area contributed by atoms with Crippen LogP contribution in [-0.2, 0) is 14.4 Å². The van der Waals surface area contributed by atoms with E-state index in [1.54, 1.807) is 19.2 Å². The number of nitrogen functional groups attached to an aromatic ring is 1. The van der Waals surface area contributed by atoms with Crippen molar-refractivity contribution in [2.24, 2.45) is 5.16 Å². The summed E-state index contributed by atoms with van der Waals surface area (Å²) < 4.78 is 5.00. The zero-order chi connectivity index (χ0) is 12.1. The largest absolute Gasteiger partial charge is 0.458 e. The van der Waals surface area contributed by atoms with E-state index >= 15 is 0 Å². The van der Waals surface area contributed by atoms with Gasteiger partial charge in [-0.3, -0.25) is 0 Å². The molecule has 0 amide bonds. The first-order chi connectivity index (χ1) is 7.54. The van der Waals surface area contributed by atoms with Gasteiger partial charge in [-0.2, -0.15) is 0 Å². The summed E-state index contributed by atoms with van der Waals surface area (Å²) in [5.41, 5.74) is 5.85. The normalized spacial score (nSPS) is 11.6. The molecule has 0 aliphatic rings.